The van der Waals surface area contributed by atoms with Crippen LogP contribution in [-0.2, 0) is 0 Å². The van der Waals surface area contributed by atoms with Crippen LogP contribution in [0.25, 0.3) is 0 Å². The lowest BCUT2D eigenvalue weighted by Gasteiger charge is -2.24. The molecular weight excluding hydrogens is 196 g/mol. The first-order valence-corrected chi connectivity index (χ1v) is 6.93. The number of nitrogens with one attached hydrogen (secondary N) is 1. The summed E-state index contributed by atoms with van der Waals surface area (Å²) in [5.74, 6) is 0.259. The number of hydrogen-bond acceptors (Lipinski definition) is 2. The van der Waals surface area contributed by atoms with Gasteiger partial charge >= 0.3 is 0 Å². The van der Waals surface area contributed by atoms with Gasteiger partial charge in [0.2, 0.25) is 0 Å². The van der Waals surface area contributed by atoms with Crippen LogP contribution in [0.15, 0.2) is 0 Å². The molecule has 1 N–H and O–H groups in total. The molecule has 0 amide bonds. The zero-order valence-electron chi connectivity index (χ0n) is 10.5. The van der Waals surface area contributed by atoms with E-state index < -0.39 is 0 Å². The average molecular weight is 220 g/mol. The van der Waals surface area contributed by atoms with Gasteiger partial charge in [-0.3, -0.25) is 0 Å². The maximum Gasteiger partial charge on any atom is 0.0672 e. The minimum absolute atomic E-state index is 0.259. The molecule has 2 nitrogen and oxygen atoms in total. The van der Waals surface area contributed by atoms with Crippen molar-refractivity contribution < 1.29 is 0 Å². The van der Waals surface area contributed by atoms with Crippen molar-refractivity contribution >= 4 is 0 Å². The minimum atomic E-state index is 0.259. The van der Waals surface area contributed by atoms with Gasteiger partial charge in [0.25, 0.3) is 0 Å². The van der Waals surface area contributed by atoms with Gasteiger partial charge in [0.1, 0.15) is 0 Å². The Bertz CT molecular complexity index is 262. The Morgan fingerprint density at radius 3 is 2.62 bits per heavy atom. The number of nitriles is 1. The van der Waals surface area contributed by atoms with Gasteiger partial charge in [-0.1, -0.05) is 26.2 Å². The van der Waals surface area contributed by atoms with Crippen molar-refractivity contribution in [1.82, 2.24) is 5.32 Å². The van der Waals surface area contributed by atoms with Crippen molar-refractivity contribution in [2.75, 3.05) is 6.54 Å². The van der Waals surface area contributed by atoms with Crippen molar-refractivity contribution in [2.24, 2.45) is 11.3 Å². The SMILES string of the molecule is CCC1(CNC2CCCCCC2C#N)CC1. The zero-order chi connectivity index (χ0) is 11.4. The van der Waals surface area contributed by atoms with Crippen molar-refractivity contribution in [1.29, 1.82) is 5.26 Å². The Morgan fingerprint density at radius 2 is 2.00 bits per heavy atom. The van der Waals surface area contributed by atoms with Crippen molar-refractivity contribution in [3.8, 4) is 6.07 Å². The van der Waals surface area contributed by atoms with Crippen LogP contribution in [0.1, 0.15) is 58.3 Å². The van der Waals surface area contributed by atoms with Gasteiger partial charge in [-0.25, -0.2) is 0 Å². The summed E-state index contributed by atoms with van der Waals surface area (Å²) in [6.07, 6.45) is 10.2. The van der Waals surface area contributed by atoms with Gasteiger partial charge in [0, 0.05) is 12.6 Å². The molecule has 0 aliphatic heterocycles. The van der Waals surface area contributed by atoms with Gasteiger partial charge in [-0.15, -0.1) is 0 Å². The molecule has 2 heteroatoms. The molecule has 2 aliphatic rings. The standard InChI is InChI=1S/C14H24N2/c1-2-14(8-9-14)11-16-13-7-5-3-4-6-12(13)10-15/h12-13,16H,2-9,11H2,1H3. The first-order chi connectivity index (χ1) is 7.79. The van der Waals surface area contributed by atoms with E-state index in [1.807, 2.05) is 0 Å². The summed E-state index contributed by atoms with van der Waals surface area (Å²) in [7, 11) is 0. The Kier molecular flexibility index (Phi) is 3.86. The maximum atomic E-state index is 9.20. The summed E-state index contributed by atoms with van der Waals surface area (Å²) in [6.45, 7) is 3.44. The van der Waals surface area contributed by atoms with Crippen LogP contribution >= 0.6 is 0 Å². The Hall–Kier alpha value is -0.550. The Labute approximate surface area is 99.4 Å². The van der Waals surface area contributed by atoms with Crippen molar-refractivity contribution in [2.45, 2.75) is 64.3 Å². The molecule has 0 bridgehead atoms. The highest BCUT2D eigenvalue weighted by Crippen LogP contribution is 2.48. The number of rotatable bonds is 4. The second-order valence-corrected chi connectivity index (χ2v) is 5.71. The van der Waals surface area contributed by atoms with E-state index in [0.717, 1.165) is 13.0 Å². The molecule has 2 rings (SSSR count). The fraction of sp³-hybridized carbons (Fsp3) is 0.929. The number of hydrogen-bond donors (Lipinski definition) is 1. The van der Waals surface area contributed by atoms with E-state index >= 15 is 0 Å². The molecule has 0 aromatic carbocycles. The lowest BCUT2D eigenvalue weighted by molar-refractivity contribution is 0.343. The van der Waals surface area contributed by atoms with Crippen molar-refractivity contribution in [3.63, 3.8) is 0 Å². The summed E-state index contributed by atoms with van der Waals surface area (Å²) in [5.41, 5.74) is 0.603. The van der Waals surface area contributed by atoms with E-state index in [4.69, 9.17) is 0 Å². The molecule has 2 unspecified atom stereocenters. The third kappa shape index (κ3) is 2.77. The molecule has 0 radical (unpaired) electrons. The van der Waals surface area contributed by atoms with E-state index in [1.165, 1.54) is 44.9 Å². The van der Waals surface area contributed by atoms with Gasteiger partial charge in [-0.05, 0) is 37.5 Å². The number of nitrogens with zero attached hydrogens (tertiary/aromatic N) is 1. The Balaban J connectivity index is 1.84. The van der Waals surface area contributed by atoms with Crippen molar-refractivity contribution in [3.05, 3.63) is 0 Å². The van der Waals surface area contributed by atoms with Gasteiger partial charge < -0.3 is 5.32 Å². The molecule has 0 saturated heterocycles. The molecule has 16 heavy (non-hydrogen) atoms. The van der Waals surface area contributed by atoms with Crippen LogP contribution in [0.5, 0.6) is 0 Å². The predicted octanol–water partition coefficient (Wildman–Crippen LogP) is 3.24. The van der Waals surface area contributed by atoms with E-state index in [0.29, 0.717) is 11.5 Å². The van der Waals surface area contributed by atoms with Crippen LogP contribution < -0.4 is 5.32 Å². The summed E-state index contributed by atoms with van der Waals surface area (Å²) >= 11 is 0. The van der Waals surface area contributed by atoms with E-state index in [9.17, 15) is 5.26 Å². The zero-order valence-corrected chi connectivity index (χ0v) is 10.5. The lowest BCUT2D eigenvalue weighted by atomic mass is 9.95. The minimum Gasteiger partial charge on any atom is -0.312 e. The third-order valence-electron chi connectivity index (χ3n) is 4.63. The van der Waals surface area contributed by atoms with Crippen LogP contribution in [0.4, 0.5) is 0 Å². The quantitative estimate of drug-likeness (QED) is 0.738. The maximum absolute atomic E-state index is 9.20. The van der Waals surface area contributed by atoms with E-state index in [1.54, 1.807) is 0 Å². The highest BCUT2D eigenvalue weighted by molar-refractivity contribution is 4.98. The molecule has 2 aliphatic carbocycles. The largest absolute Gasteiger partial charge is 0.312 e. The van der Waals surface area contributed by atoms with Crippen LogP contribution in [0, 0.1) is 22.7 Å². The van der Waals surface area contributed by atoms with Crippen LogP contribution in [-0.4, -0.2) is 12.6 Å². The summed E-state index contributed by atoms with van der Waals surface area (Å²) in [5, 5.41) is 12.9. The summed E-state index contributed by atoms with van der Waals surface area (Å²) < 4.78 is 0. The first-order valence-electron chi connectivity index (χ1n) is 6.93. The highest BCUT2D eigenvalue weighted by Gasteiger charge is 2.41. The summed E-state index contributed by atoms with van der Waals surface area (Å²) in [4.78, 5) is 0. The molecule has 2 saturated carbocycles. The third-order valence-corrected chi connectivity index (χ3v) is 4.63. The van der Waals surface area contributed by atoms with E-state index in [-0.39, 0.29) is 5.92 Å². The molecule has 2 atom stereocenters. The second kappa shape index (κ2) is 5.19. The molecule has 0 aromatic heterocycles. The normalized spacial score (nSPS) is 32.8. The molecule has 90 valence electrons. The average Bonchev–Trinajstić information content (AvgIpc) is 3.11. The predicted molar refractivity (Wildman–Crippen MR) is 65.9 cm³/mol. The molecule has 0 heterocycles. The summed E-state index contributed by atoms with van der Waals surface area (Å²) in [6, 6.07) is 2.98. The molecule has 0 spiro atoms. The van der Waals surface area contributed by atoms with E-state index in [2.05, 4.69) is 18.3 Å². The molecule has 2 fully saturated rings. The van der Waals surface area contributed by atoms with Gasteiger partial charge in [0.15, 0.2) is 0 Å². The topological polar surface area (TPSA) is 35.8 Å². The van der Waals surface area contributed by atoms with Crippen LogP contribution in [0.2, 0.25) is 0 Å². The lowest BCUT2D eigenvalue weighted by Crippen LogP contribution is -2.38. The smallest absolute Gasteiger partial charge is 0.0672 e. The second-order valence-electron chi connectivity index (χ2n) is 5.71. The molecule has 0 aromatic rings. The highest BCUT2D eigenvalue weighted by atomic mass is 14.9. The molecular formula is C14H24N2. The fourth-order valence-corrected chi connectivity index (χ4v) is 2.89. The van der Waals surface area contributed by atoms with Crippen LogP contribution in [0.3, 0.4) is 0 Å². The van der Waals surface area contributed by atoms with Gasteiger partial charge in [0.05, 0.1) is 12.0 Å². The monoisotopic (exact) mass is 220 g/mol. The first kappa shape index (κ1) is 11.9. The fourth-order valence-electron chi connectivity index (χ4n) is 2.89. The van der Waals surface area contributed by atoms with Gasteiger partial charge in [-0.2, -0.15) is 5.26 Å². The Morgan fingerprint density at radius 1 is 1.25 bits per heavy atom.